The Morgan fingerprint density at radius 3 is 0.897 bits per heavy atom. The maximum atomic E-state index is 13.2. The van der Waals surface area contributed by atoms with Crippen LogP contribution >= 0.6 is 0 Å². The summed E-state index contributed by atoms with van der Waals surface area (Å²) >= 11 is 0. The highest BCUT2D eigenvalue weighted by Gasteiger charge is 2.92. The van der Waals surface area contributed by atoms with Gasteiger partial charge in [0.2, 0.25) is 0 Å². The molecular formula is C12F25NO. The average Bonchev–Trinajstić information content (AvgIpc) is 2.63. The van der Waals surface area contributed by atoms with E-state index in [2.05, 4.69) is 0 Å². The molecule has 0 aliphatic heterocycles. The molecule has 0 aliphatic carbocycles. The van der Waals surface area contributed by atoms with Crippen LogP contribution in [-0.2, 0) is 4.74 Å². The average molecular weight is 649 g/mol. The molecule has 0 unspecified atom stereocenters. The number of rotatable bonds is 9. The molecule has 0 atom stereocenters. The molecule has 0 N–H and O–H groups in total. The molecule has 39 heavy (non-hydrogen) atoms. The lowest BCUT2D eigenvalue weighted by atomic mass is 9.97. The highest BCUT2D eigenvalue weighted by Crippen LogP contribution is 2.61. The van der Waals surface area contributed by atoms with Gasteiger partial charge in [0.05, 0.1) is 0 Å². The topological polar surface area (TPSA) is 21.6 Å². The molecule has 0 aliphatic rings. The minimum absolute atomic E-state index is 0.167. The lowest BCUT2D eigenvalue weighted by molar-refractivity contribution is -0.448. The van der Waals surface area contributed by atoms with E-state index in [0.717, 1.165) is 0 Å². The summed E-state index contributed by atoms with van der Waals surface area (Å²) in [5.74, 6) is -59.5. The normalized spacial score (nSPS) is 17.0. The first-order valence-corrected chi connectivity index (χ1v) is 7.83. The van der Waals surface area contributed by atoms with Crippen LogP contribution < -0.4 is 0 Å². The molecule has 0 saturated heterocycles. The summed E-state index contributed by atoms with van der Waals surface area (Å²) in [4.78, 5) is -0.167. The summed E-state index contributed by atoms with van der Waals surface area (Å²) in [6.45, 7) is 0. The van der Waals surface area contributed by atoms with Gasteiger partial charge < -0.3 is 4.74 Å². The van der Waals surface area contributed by atoms with Crippen LogP contribution in [0.5, 0.6) is 0 Å². The van der Waals surface area contributed by atoms with E-state index < -0.39 is 72.1 Å². The van der Waals surface area contributed by atoms with E-state index in [1.165, 1.54) is 4.74 Å². The van der Waals surface area contributed by atoms with Crippen LogP contribution in [0.1, 0.15) is 0 Å². The van der Waals surface area contributed by atoms with Gasteiger partial charge in [0.25, 0.3) is 0 Å². The van der Waals surface area contributed by atoms with Crippen molar-refractivity contribution in [3.63, 3.8) is 0 Å². The zero-order valence-corrected chi connectivity index (χ0v) is 16.3. The molecule has 0 amide bonds. The maximum absolute atomic E-state index is 13.2. The molecule has 2 nitrogen and oxygen atoms in total. The van der Waals surface area contributed by atoms with E-state index in [1.54, 1.807) is 0 Å². The van der Waals surface area contributed by atoms with Crippen molar-refractivity contribution in [3.05, 3.63) is 0 Å². The zero-order valence-electron chi connectivity index (χ0n) is 16.3. The first-order valence-electron chi connectivity index (χ1n) is 7.83. The van der Waals surface area contributed by atoms with Gasteiger partial charge in [0, 0.05) is 0 Å². The second kappa shape index (κ2) is 9.12. The van der Waals surface area contributed by atoms with Crippen molar-refractivity contribution >= 4 is 6.15 Å². The van der Waals surface area contributed by atoms with E-state index in [9.17, 15) is 110 Å². The Labute approximate surface area is 193 Å². The van der Waals surface area contributed by atoms with Crippen molar-refractivity contribution in [3.8, 4) is 0 Å². The summed E-state index contributed by atoms with van der Waals surface area (Å²) in [6.07, 6.45) is -28.9. The van der Waals surface area contributed by atoms with E-state index in [0.29, 0.717) is 0 Å². The third-order valence-electron chi connectivity index (χ3n) is 3.87. The van der Waals surface area contributed by atoms with Gasteiger partial charge in [0.15, 0.2) is 0 Å². The van der Waals surface area contributed by atoms with Gasteiger partial charge in [-0.3, -0.25) is 0 Å². The number of alkyl halides is 24. The molecule has 0 saturated carbocycles. The second-order valence-corrected chi connectivity index (χ2v) is 6.54. The Balaban J connectivity index is 6.65. The van der Waals surface area contributed by atoms with Gasteiger partial charge >= 0.3 is 72.1 Å². The third kappa shape index (κ3) is 5.16. The number of hydrogen-bond donors (Lipinski definition) is 0. The smallest absolute Gasteiger partial charge is 0.386 e. The van der Waals surface area contributed by atoms with Crippen molar-refractivity contribution in [2.75, 3.05) is 0 Å². The van der Waals surface area contributed by atoms with Crippen molar-refractivity contribution in [1.82, 2.24) is 0 Å². The molecule has 0 rings (SSSR count). The second-order valence-electron chi connectivity index (χ2n) is 6.54. The van der Waals surface area contributed by atoms with Gasteiger partial charge in [0.1, 0.15) is 0 Å². The summed E-state index contributed by atoms with van der Waals surface area (Å²) < 4.78 is 319. The van der Waals surface area contributed by atoms with Crippen LogP contribution in [0.4, 0.5) is 110 Å². The van der Waals surface area contributed by atoms with E-state index in [-0.39, 0.29) is 4.99 Å². The van der Waals surface area contributed by atoms with Crippen LogP contribution in [-0.4, -0.2) is 72.1 Å². The zero-order chi connectivity index (χ0) is 32.5. The van der Waals surface area contributed by atoms with Crippen LogP contribution in [0.2, 0.25) is 0 Å². The third-order valence-corrected chi connectivity index (χ3v) is 3.87. The van der Waals surface area contributed by atoms with Gasteiger partial charge in [-0.1, -0.05) is 0 Å². The monoisotopic (exact) mass is 649 g/mol. The van der Waals surface area contributed by atoms with Crippen molar-refractivity contribution in [2.24, 2.45) is 4.99 Å². The van der Waals surface area contributed by atoms with Gasteiger partial charge in [-0.2, -0.15) is 105 Å². The summed E-state index contributed by atoms with van der Waals surface area (Å²) in [5, 5.41) is 0. The largest absolute Gasteiger partial charge is 0.473 e. The number of hydrogen-bond acceptors (Lipinski definition) is 2. The van der Waals surface area contributed by atoms with Gasteiger partial charge in [-0.15, -0.1) is 9.38 Å². The Morgan fingerprint density at radius 2 is 0.615 bits per heavy atom. The Morgan fingerprint density at radius 1 is 0.359 bits per heavy atom. The fourth-order valence-corrected chi connectivity index (χ4v) is 1.69. The molecule has 0 heterocycles. The van der Waals surface area contributed by atoms with Crippen LogP contribution in [0.3, 0.4) is 0 Å². The van der Waals surface area contributed by atoms with E-state index in [1.807, 2.05) is 0 Å². The predicted octanol–water partition coefficient (Wildman–Crippen LogP) is 8.09. The molecule has 0 fully saturated rings. The predicted molar refractivity (Wildman–Crippen MR) is 66.3 cm³/mol. The standard InChI is InChI=1S/C12F25NO/c13-1(39-12(36,37)8(26,27)4(18,19)6(22,23)10(31,32)33)38-11(34,35)7(24,25)3(16,17)2(14,15)5(20,21)9(28,29)30/b38-1+. The number of nitrogens with zero attached hydrogens (tertiary/aromatic N) is 1. The first kappa shape index (κ1) is 36.7. The summed E-state index contributed by atoms with van der Waals surface area (Å²) in [6, 6.07) is -8.07. The van der Waals surface area contributed by atoms with Crippen LogP contribution in [0, 0.1) is 0 Å². The first-order chi connectivity index (χ1) is 16.4. The lowest BCUT2D eigenvalue weighted by Gasteiger charge is -2.38. The van der Waals surface area contributed by atoms with Crippen LogP contribution in [0.15, 0.2) is 4.99 Å². The SMILES string of the molecule is F/C(=N\C(F)(F)C(F)(F)C(F)(F)C(F)(F)C(F)(F)C(F)(F)F)OC(F)(F)C(F)(F)C(F)(F)C(F)(F)C(F)(F)F. The molecule has 0 aromatic carbocycles. The minimum Gasteiger partial charge on any atom is -0.386 e. The molecule has 0 radical (unpaired) electrons. The molecule has 234 valence electrons. The Kier molecular flexibility index (Phi) is 8.59. The molecule has 0 spiro atoms. The Bertz CT molecular complexity index is 920. The summed E-state index contributed by atoms with van der Waals surface area (Å²) in [7, 11) is 0. The minimum atomic E-state index is -8.76. The quantitative estimate of drug-likeness (QED) is 0.107. The molecule has 0 aromatic rings. The lowest BCUT2D eigenvalue weighted by Crippen LogP contribution is -2.69. The number of ether oxygens (including phenoxy) is 1. The van der Waals surface area contributed by atoms with Crippen molar-refractivity contribution in [2.45, 2.75) is 66.0 Å². The highest BCUT2D eigenvalue weighted by molar-refractivity contribution is 5.66. The van der Waals surface area contributed by atoms with Crippen molar-refractivity contribution < 1.29 is 114 Å². The van der Waals surface area contributed by atoms with Gasteiger partial charge in [-0.05, 0) is 0 Å². The van der Waals surface area contributed by atoms with Crippen molar-refractivity contribution in [1.29, 1.82) is 0 Å². The number of aliphatic imine (C=N–C) groups is 1. The molecule has 27 heteroatoms. The summed E-state index contributed by atoms with van der Waals surface area (Å²) in [5.41, 5.74) is 0. The Hall–Kier alpha value is -2.28. The number of halogens is 25. The highest BCUT2D eigenvalue weighted by atomic mass is 19.4. The fourth-order valence-electron chi connectivity index (χ4n) is 1.69. The fraction of sp³-hybridized carbons (Fsp3) is 0.917. The van der Waals surface area contributed by atoms with Gasteiger partial charge in [-0.25, -0.2) is 0 Å². The van der Waals surface area contributed by atoms with Crippen LogP contribution in [0.25, 0.3) is 0 Å². The maximum Gasteiger partial charge on any atom is 0.473 e. The van der Waals surface area contributed by atoms with E-state index >= 15 is 0 Å². The molecule has 0 bridgehead atoms. The van der Waals surface area contributed by atoms with E-state index in [4.69, 9.17) is 0 Å². The molecule has 0 aromatic heterocycles. The molecular weight excluding hydrogens is 649 g/mol.